The van der Waals surface area contributed by atoms with Gasteiger partial charge in [-0.15, -0.1) is 0 Å². The van der Waals surface area contributed by atoms with Crippen LogP contribution in [0, 0.1) is 5.92 Å². The first-order valence-electron chi connectivity index (χ1n) is 9.67. The third kappa shape index (κ3) is 4.59. The van der Waals surface area contributed by atoms with E-state index in [9.17, 15) is 19.2 Å². The van der Waals surface area contributed by atoms with E-state index in [1.165, 1.54) is 4.57 Å². The van der Waals surface area contributed by atoms with E-state index in [1.54, 1.807) is 24.3 Å². The normalized spacial score (nSPS) is 15.1. The molecule has 3 aromatic rings. The summed E-state index contributed by atoms with van der Waals surface area (Å²) in [5.74, 6) is -1.33. The van der Waals surface area contributed by atoms with Gasteiger partial charge in [0.1, 0.15) is 5.82 Å². The van der Waals surface area contributed by atoms with Crippen LogP contribution in [0.15, 0.2) is 64.2 Å². The Hall–Kier alpha value is -3.65. The van der Waals surface area contributed by atoms with E-state index in [0.717, 1.165) is 5.56 Å². The Bertz CT molecular complexity index is 1250. The van der Waals surface area contributed by atoms with Crippen molar-refractivity contribution in [2.45, 2.75) is 19.4 Å². The van der Waals surface area contributed by atoms with Crippen LogP contribution >= 0.6 is 11.6 Å². The Kier molecular flexibility index (Phi) is 5.73. The third-order valence-corrected chi connectivity index (χ3v) is 5.35. The minimum absolute atomic E-state index is 0.0552. The molecule has 2 aromatic carbocycles. The van der Waals surface area contributed by atoms with Gasteiger partial charge in [-0.3, -0.25) is 23.9 Å². The van der Waals surface area contributed by atoms with Crippen LogP contribution in [0.5, 0.6) is 0 Å². The van der Waals surface area contributed by atoms with Gasteiger partial charge in [-0.25, -0.2) is 4.79 Å². The van der Waals surface area contributed by atoms with Crippen molar-refractivity contribution in [3.63, 3.8) is 0 Å². The molecule has 1 aromatic heterocycles. The van der Waals surface area contributed by atoms with E-state index in [0.29, 0.717) is 10.7 Å². The number of fused-ring (bicyclic) bond motifs is 1. The van der Waals surface area contributed by atoms with Gasteiger partial charge in [0.15, 0.2) is 0 Å². The van der Waals surface area contributed by atoms with Crippen molar-refractivity contribution in [2.75, 3.05) is 10.6 Å². The first-order chi connectivity index (χ1) is 14.9. The number of amides is 2. The third-order valence-electron chi connectivity index (χ3n) is 5.10. The summed E-state index contributed by atoms with van der Waals surface area (Å²) >= 11 is 5.84. The van der Waals surface area contributed by atoms with E-state index in [-0.39, 0.29) is 36.7 Å². The first-order valence-corrected chi connectivity index (χ1v) is 10.0. The molecule has 0 saturated heterocycles. The lowest BCUT2D eigenvalue weighted by atomic mass is 9.92. The number of nitrogens with zero attached hydrogens (tertiary/aromatic N) is 1. The van der Waals surface area contributed by atoms with Gasteiger partial charge >= 0.3 is 5.69 Å². The van der Waals surface area contributed by atoms with E-state index in [1.807, 2.05) is 30.3 Å². The fourth-order valence-corrected chi connectivity index (χ4v) is 3.68. The molecular formula is C22H19ClN4O4. The van der Waals surface area contributed by atoms with Crippen molar-refractivity contribution < 1.29 is 9.59 Å². The topological polar surface area (TPSA) is 113 Å². The summed E-state index contributed by atoms with van der Waals surface area (Å²) < 4.78 is 1.33. The van der Waals surface area contributed by atoms with Crippen molar-refractivity contribution in [2.24, 2.45) is 5.92 Å². The summed E-state index contributed by atoms with van der Waals surface area (Å²) in [6.45, 7) is 0.195. The van der Waals surface area contributed by atoms with Gasteiger partial charge in [-0.2, -0.15) is 0 Å². The molecule has 31 heavy (non-hydrogen) atoms. The van der Waals surface area contributed by atoms with Gasteiger partial charge in [0.25, 0.3) is 5.56 Å². The van der Waals surface area contributed by atoms with E-state index < -0.39 is 23.1 Å². The molecule has 2 amide bonds. The van der Waals surface area contributed by atoms with Crippen LogP contribution in [0.2, 0.25) is 5.02 Å². The van der Waals surface area contributed by atoms with Crippen LogP contribution in [0.4, 0.5) is 11.5 Å². The number of benzene rings is 2. The molecule has 8 nitrogen and oxygen atoms in total. The number of anilines is 2. The second-order valence-electron chi connectivity index (χ2n) is 7.31. The standard InChI is InChI=1S/C22H19ClN4O4/c23-15-6-8-16(9-7-15)24-18(28)11-14-10-17-19(25-20(14)29)27(22(31)26-21(17)30)12-13-4-2-1-3-5-13/h1-9,14H,10-12H2,(H,24,28)(H,25,29)(H,26,30,31)/t14-/m1/s1. The van der Waals surface area contributed by atoms with Gasteiger partial charge in [0.2, 0.25) is 11.8 Å². The average molecular weight is 439 g/mol. The SMILES string of the molecule is O=C(C[C@H]1Cc2c(n(Cc3ccccc3)c(=O)[nH]c2=O)NC1=O)Nc1ccc(Cl)cc1. The molecule has 1 aliphatic rings. The highest BCUT2D eigenvalue weighted by Gasteiger charge is 2.32. The quantitative estimate of drug-likeness (QED) is 0.567. The number of carbonyl (C=O) groups is 2. The number of rotatable bonds is 5. The summed E-state index contributed by atoms with van der Waals surface area (Å²) in [5.41, 5.74) is 0.511. The Morgan fingerprint density at radius 1 is 1.06 bits per heavy atom. The monoisotopic (exact) mass is 438 g/mol. The van der Waals surface area contributed by atoms with E-state index in [4.69, 9.17) is 11.6 Å². The fraction of sp³-hybridized carbons (Fsp3) is 0.182. The van der Waals surface area contributed by atoms with Gasteiger partial charge in [0.05, 0.1) is 18.0 Å². The van der Waals surface area contributed by atoms with Crippen LogP contribution in [-0.4, -0.2) is 21.4 Å². The van der Waals surface area contributed by atoms with Crippen LogP contribution in [0.3, 0.4) is 0 Å². The highest BCUT2D eigenvalue weighted by Crippen LogP contribution is 2.25. The molecule has 1 aliphatic heterocycles. The maximum atomic E-state index is 12.7. The molecule has 0 saturated carbocycles. The maximum Gasteiger partial charge on any atom is 0.330 e. The van der Waals surface area contributed by atoms with Crippen molar-refractivity contribution >= 4 is 34.9 Å². The van der Waals surface area contributed by atoms with Crippen LogP contribution in [0.25, 0.3) is 0 Å². The van der Waals surface area contributed by atoms with Gasteiger partial charge < -0.3 is 10.6 Å². The second kappa shape index (κ2) is 8.61. The number of hydrogen-bond acceptors (Lipinski definition) is 4. The van der Waals surface area contributed by atoms with Crippen LogP contribution in [-0.2, 0) is 22.6 Å². The largest absolute Gasteiger partial charge is 0.330 e. The minimum Gasteiger partial charge on any atom is -0.326 e. The zero-order valence-electron chi connectivity index (χ0n) is 16.4. The Balaban J connectivity index is 1.55. The lowest BCUT2D eigenvalue weighted by Crippen LogP contribution is -2.42. The smallest absolute Gasteiger partial charge is 0.326 e. The highest BCUT2D eigenvalue weighted by molar-refractivity contribution is 6.30. The molecule has 2 heterocycles. The molecule has 3 N–H and O–H groups in total. The van der Waals surface area contributed by atoms with Gasteiger partial charge in [-0.05, 0) is 36.2 Å². The summed E-state index contributed by atoms with van der Waals surface area (Å²) in [7, 11) is 0. The summed E-state index contributed by atoms with van der Waals surface area (Å²) in [6, 6.07) is 15.8. The van der Waals surface area contributed by atoms with Crippen molar-refractivity contribution in [3.05, 3.63) is 91.6 Å². The zero-order valence-corrected chi connectivity index (χ0v) is 17.1. The Morgan fingerprint density at radius 3 is 2.48 bits per heavy atom. The summed E-state index contributed by atoms with van der Waals surface area (Å²) in [4.78, 5) is 52.2. The molecule has 0 unspecified atom stereocenters. The molecule has 4 rings (SSSR count). The van der Waals surface area contributed by atoms with E-state index >= 15 is 0 Å². The zero-order chi connectivity index (χ0) is 22.0. The van der Waals surface area contributed by atoms with Crippen molar-refractivity contribution in [1.29, 1.82) is 0 Å². The Labute approximate surface area is 181 Å². The summed E-state index contributed by atoms with van der Waals surface area (Å²) in [5, 5.41) is 5.92. The number of nitrogens with one attached hydrogen (secondary N) is 3. The summed E-state index contributed by atoms with van der Waals surface area (Å²) in [6.07, 6.45) is -0.0508. The molecule has 9 heteroatoms. The van der Waals surface area contributed by atoms with Crippen molar-refractivity contribution in [3.8, 4) is 0 Å². The number of hydrogen-bond donors (Lipinski definition) is 3. The average Bonchev–Trinajstić information content (AvgIpc) is 2.74. The number of halogens is 1. The number of carbonyl (C=O) groups excluding carboxylic acids is 2. The predicted molar refractivity (Wildman–Crippen MR) is 117 cm³/mol. The molecule has 0 bridgehead atoms. The van der Waals surface area contributed by atoms with Gasteiger partial charge in [-0.1, -0.05) is 41.9 Å². The molecule has 158 valence electrons. The fourth-order valence-electron chi connectivity index (χ4n) is 3.55. The molecule has 0 radical (unpaired) electrons. The van der Waals surface area contributed by atoms with Crippen LogP contribution in [0.1, 0.15) is 17.5 Å². The molecule has 0 spiro atoms. The second-order valence-corrected chi connectivity index (χ2v) is 7.74. The minimum atomic E-state index is -0.733. The maximum absolute atomic E-state index is 12.7. The van der Waals surface area contributed by atoms with Crippen LogP contribution < -0.4 is 21.9 Å². The number of aromatic amines is 1. The molecule has 1 atom stereocenters. The highest BCUT2D eigenvalue weighted by atomic mass is 35.5. The lowest BCUT2D eigenvalue weighted by molar-refractivity contribution is -0.125. The predicted octanol–water partition coefficient (Wildman–Crippen LogP) is 2.38. The molecule has 0 fully saturated rings. The van der Waals surface area contributed by atoms with Gasteiger partial charge in [0, 0.05) is 17.1 Å². The Morgan fingerprint density at radius 2 is 1.77 bits per heavy atom. The molecule has 0 aliphatic carbocycles. The number of aromatic nitrogens is 2. The van der Waals surface area contributed by atoms with E-state index in [2.05, 4.69) is 15.6 Å². The first kappa shape index (κ1) is 20.6. The number of H-pyrrole nitrogens is 1. The van der Waals surface area contributed by atoms with Crippen molar-refractivity contribution in [1.82, 2.24) is 9.55 Å². The lowest BCUT2D eigenvalue weighted by Gasteiger charge is -2.26. The molecular weight excluding hydrogens is 420 g/mol.